The molecule has 1 aromatic rings. The zero-order chi connectivity index (χ0) is 20.2. The molecule has 1 aromatic carbocycles. The number of ether oxygens (including phenoxy) is 4. The molecule has 3 fully saturated rings. The molecule has 2 saturated heterocycles. The van der Waals surface area contributed by atoms with E-state index < -0.39 is 16.8 Å². The highest BCUT2D eigenvalue weighted by molar-refractivity contribution is 5.63. The Morgan fingerprint density at radius 1 is 1.14 bits per heavy atom. The molecule has 2 bridgehead atoms. The van der Waals surface area contributed by atoms with Crippen molar-refractivity contribution < 1.29 is 24.1 Å². The van der Waals surface area contributed by atoms with Crippen LogP contribution >= 0.6 is 0 Å². The maximum absolute atomic E-state index is 12.3. The molecule has 29 heavy (non-hydrogen) atoms. The lowest BCUT2D eigenvalue weighted by atomic mass is 9.48. The van der Waals surface area contributed by atoms with Crippen molar-refractivity contribution in [3.8, 4) is 11.5 Å². The van der Waals surface area contributed by atoms with E-state index in [-0.39, 0.29) is 24.4 Å². The lowest BCUT2D eigenvalue weighted by molar-refractivity contribution is -0.378. The van der Waals surface area contributed by atoms with Crippen molar-refractivity contribution in [3.63, 3.8) is 0 Å². The monoisotopic (exact) mass is 401 g/mol. The molecule has 2 spiro atoms. The van der Waals surface area contributed by atoms with Gasteiger partial charge in [0.2, 0.25) is 5.79 Å². The number of fused-ring (bicyclic) bond motifs is 1. The van der Waals surface area contributed by atoms with E-state index in [4.69, 9.17) is 18.9 Å². The summed E-state index contributed by atoms with van der Waals surface area (Å²) in [4.78, 5) is 2.33. The number of piperidine rings is 1. The Morgan fingerprint density at radius 3 is 2.62 bits per heavy atom. The van der Waals surface area contributed by atoms with Crippen molar-refractivity contribution in [2.45, 2.75) is 87.1 Å². The van der Waals surface area contributed by atoms with E-state index in [0.29, 0.717) is 12.8 Å². The highest BCUT2D eigenvalue weighted by atomic mass is 16.7. The quantitative estimate of drug-likeness (QED) is 0.780. The fourth-order valence-corrected chi connectivity index (χ4v) is 7.37. The van der Waals surface area contributed by atoms with Gasteiger partial charge >= 0.3 is 0 Å². The van der Waals surface area contributed by atoms with Gasteiger partial charge in [-0.1, -0.05) is 6.07 Å². The van der Waals surface area contributed by atoms with Crippen LogP contribution < -0.4 is 9.47 Å². The fraction of sp³-hybridized carbons (Fsp3) is 0.739. The fourth-order valence-electron chi connectivity index (χ4n) is 7.37. The van der Waals surface area contributed by atoms with E-state index in [1.54, 1.807) is 7.11 Å². The van der Waals surface area contributed by atoms with Crippen LogP contribution in [0.1, 0.15) is 50.7 Å². The number of hydrogen-bond acceptors (Lipinski definition) is 6. The first-order valence-corrected chi connectivity index (χ1v) is 11.0. The van der Waals surface area contributed by atoms with Crippen molar-refractivity contribution in [3.05, 3.63) is 23.3 Å². The Balaban J connectivity index is 1.61. The molecule has 6 heteroatoms. The van der Waals surface area contributed by atoms with Crippen LogP contribution in [0.3, 0.4) is 0 Å². The summed E-state index contributed by atoms with van der Waals surface area (Å²) < 4.78 is 25.5. The number of benzene rings is 1. The second-order valence-corrected chi connectivity index (χ2v) is 9.88. The van der Waals surface area contributed by atoms with E-state index in [9.17, 15) is 5.11 Å². The molecule has 2 aliphatic carbocycles. The van der Waals surface area contributed by atoms with Crippen LogP contribution in [-0.2, 0) is 21.3 Å². The predicted molar refractivity (Wildman–Crippen MR) is 106 cm³/mol. The highest BCUT2D eigenvalue weighted by Gasteiger charge is 2.77. The van der Waals surface area contributed by atoms with Gasteiger partial charge < -0.3 is 29.0 Å². The van der Waals surface area contributed by atoms with Gasteiger partial charge in [0.25, 0.3) is 0 Å². The van der Waals surface area contributed by atoms with Crippen molar-refractivity contribution >= 4 is 0 Å². The van der Waals surface area contributed by atoms with Crippen molar-refractivity contribution in [2.75, 3.05) is 20.7 Å². The zero-order valence-corrected chi connectivity index (χ0v) is 17.7. The Kier molecular flexibility index (Phi) is 3.60. The van der Waals surface area contributed by atoms with Gasteiger partial charge in [-0.2, -0.15) is 0 Å². The Labute approximate surface area is 172 Å². The van der Waals surface area contributed by atoms with Crippen LogP contribution in [0.25, 0.3) is 0 Å². The molecular weight excluding hydrogens is 370 g/mol. The van der Waals surface area contributed by atoms with E-state index in [0.717, 1.165) is 42.9 Å². The molecule has 6 rings (SSSR count). The minimum absolute atomic E-state index is 0.0741. The van der Waals surface area contributed by atoms with Crippen LogP contribution in [-0.4, -0.2) is 66.5 Å². The van der Waals surface area contributed by atoms with Crippen molar-refractivity contribution in [2.24, 2.45) is 0 Å². The molecule has 1 saturated carbocycles. The highest BCUT2D eigenvalue weighted by Crippen LogP contribution is 2.68. The predicted octanol–water partition coefficient (Wildman–Crippen LogP) is 2.39. The number of methoxy groups -OCH3 is 1. The molecule has 5 aliphatic rings. The third-order valence-electron chi connectivity index (χ3n) is 8.40. The Hall–Kier alpha value is -1.34. The molecule has 158 valence electrons. The average molecular weight is 402 g/mol. The summed E-state index contributed by atoms with van der Waals surface area (Å²) in [5.41, 5.74) is 1.01. The Morgan fingerprint density at radius 2 is 1.90 bits per heavy atom. The van der Waals surface area contributed by atoms with Crippen LogP contribution in [0.5, 0.6) is 11.5 Å². The van der Waals surface area contributed by atoms with Gasteiger partial charge in [0, 0.05) is 18.0 Å². The number of hydrogen-bond donors (Lipinski definition) is 1. The second kappa shape index (κ2) is 5.67. The van der Waals surface area contributed by atoms with Gasteiger partial charge in [0.1, 0.15) is 0 Å². The first-order chi connectivity index (χ1) is 13.8. The molecule has 3 heterocycles. The van der Waals surface area contributed by atoms with Crippen molar-refractivity contribution in [1.29, 1.82) is 0 Å². The topological polar surface area (TPSA) is 60.4 Å². The summed E-state index contributed by atoms with van der Waals surface area (Å²) in [5.74, 6) is 0.692. The number of aliphatic hydroxyl groups is 1. The molecule has 0 amide bonds. The van der Waals surface area contributed by atoms with Crippen molar-refractivity contribution in [1.82, 2.24) is 4.90 Å². The number of likely N-dealkylation sites (tertiary alicyclic amines) is 1. The van der Waals surface area contributed by atoms with Crippen LogP contribution in [0.2, 0.25) is 0 Å². The maximum Gasteiger partial charge on any atom is 0.207 e. The summed E-state index contributed by atoms with van der Waals surface area (Å²) in [5, 5.41) is 12.3. The minimum atomic E-state index is -0.864. The summed E-state index contributed by atoms with van der Waals surface area (Å²) in [7, 11) is 3.82. The third-order valence-corrected chi connectivity index (χ3v) is 8.40. The normalized spacial score (nSPS) is 47.6. The smallest absolute Gasteiger partial charge is 0.207 e. The van der Waals surface area contributed by atoms with Crippen LogP contribution in [0.4, 0.5) is 0 Å². The average Bonchev–Trinajstić information content (AvgIpc) is 3.03. The lowest BCUT2D eigenvalue weighted by Gasteiger charge is -2.66. The van der Waals surface area contributed by atoms with Crippen LogP contribution in [0, 0.1) is 0 Å². The maximum atomic E-state index is 12.3. The minimum Gasteiger partial charge on any atom is -0.493 e. The van der Waals surface area contributed by atoms with Gasteiger partial charge in [0.15, 0.2) is 17.6 Å². The summed E-state index contributed by atoms with van der Waals surface area (Å²) in [6, 6.07) is 4.24. The molecule has 6 nitrogen and oxygen atoms in total. The molecule has 0 radical (unpaired) electrons. The second-order valence-electron chi connectivity index (χ2n) is 9.88. The van der Waals surface area contributed by atoms with Crippen LogP contribution in [0.15, 0.2) is 12.1 Å². The van der Waals surface area contributed by atoms with E-state index in [2.05, 4.69) is 31.9 Å². The standard InChI is InChI=1S/C23H31NO5/c1-13-11-14(2)29-23(28-13)8-7-22(25)17-12-15-5-6-16(26-4)19-18(15)21(22,20(23)27-19)9-10-24(17)3/h5-6,13-14,17,20,25H,7-12H2,1-4H3/t13?,14?,17-,20?,21+,22?,23?/m1/s1. The van der Waals surface area contributed by atoms with Gasteiger partial charge in [0.05, 0.1) is 30.3 Å². The van der Waals surface area contributed by atoms with E-state index >= 15 is 0 Å². The Bertz CT molecular complexity index is 863. The van der Waals surface area contributed by atoms with Gasteiger partial charge in [-0.25, -0.2) is 0 Å². The molecule has 4 unspecified atom stereocenters. The van der Waals surface area contributed by atoms with Gasteiger partial charge in [-0.15, -0.1) is 0 Å². The van der Waals surface area contributed by atoms with E-state index in [1.807, 2.05) is 6.07 Å². The van der Waals surface area contributed by atoms with Gasteiger partial charge in [-0.3, -0.25) is 0 Å². The first kappa shape index (κ1) is 18.4. The summed E-state index contributed by atoms with van der Waals surface area (Å²) in [6.07, 6.45) is 3.64. The lowest BCUT2D eigenvalue weighted by Crippen LogP contribution is -2.80. The summed E-state index contributed by atoms with van der Waals surface area (Å²) in [6.45, 7) is 5.15. The zero-order valence-electron chi connectivity index (χ0n) is 17.7. The summed E-state index contributed by atoms with van der Waals surface area (Å²) >= 11 is 0. The number of rotatable bonds is 1. The SMILES string of the molecule is COc1ccc2c3c1OC1C4(CCC5(O)[C@@H](C2)N(C)CC[C@]315)OC(C)CC(C)O4. The molecule has 6 atom stereocenters. The largest absolute Gasteiger partial charge is 0.493 e. The number of nitrogens with zero attached hydrogens (tertiary/aromatic N) is 1. The molecular formula is C23H31NO5. The first-order valence-electron chi connectivity index (χ1n) is 11.0. The molecule has 0 aromatic heterocycles. The van der Waals surface area contributed by atoms with Gasteiger partial charge in [-0.05, 0) is 64.8 Å². The third kappa shape index (κ3) is 2.02. The number of likely N-dealkylation sites (N-methyl/N-ethyl adjacent to an activating group) is 1. The molecule has 1 N–H and O–H groups in total. The van der Waals surface area contributed by atoms with E-state index in [1.165, 1.54) is 5.56 Å². The molecule has 3 aliphatic heterocycles.